The van der Waals surface area contributed by atoms with Crippen LogP contribution in [0.25, 0.3) is 0 Å². The summed E-state index contributed by atoms with van der Waals surface area (Å²) in [7, 11) is 0. The molecule has 3 aromatic rings. The summed E-state index contributed by atoms with van der Waals surface area (Å²) in [6.45, 7) is 4.60. The van der Waals surface area contributed by atoms with E-state index in [4.69, 9.17) is 4.42 Å². The molecule has 4 nitrogen and oxygen atoms in total. The predicted octanol–water partition coefficient (Wildman–Crippen LogP) is 5.06. The summed E-state index contributed by atoms with van der Waals surface area (Å²) < 4.78 is 5.97. The fraction of sp³-hybridized carbons (Fsp3) is 0.346. The van der Waals surface area contributed by atoms with Gasteiger partial charge in [0.05, 0.1) is 12.0 Å². The van der Waals surface area contributed by atoms with E-state index in [9.17, 15) is 4.79 Å². The van der Waals surface area contributed by atoms with E-state index in [0.29, 0.717) is 6.54 Å². The summed E-state index contributed by atoms with van der Waals surface area (Å²) in [6.07, 6.45) is 3.67. The largest absolute Gasteiger partial charge is 0.465 e. The summed E-state index contributed by atoms with van der Waals surface area (Å²) in [4.78, 5) is 15.9. The Balaban J connectivity index is 1.54. The van der Waals surface area contributed by atoms with E-state index < -0.39 is 0 Å². The van der Waals surface area contributed by atoms with E-state index in [0.717, 1.165) is 35.7 Å². The van der Waals surface area contributed by atoms with Gasteiger partial charge in [0.1, 0.15) is 11.5 Å². The monoisotopic (exact) mass is 402 g/mol. The van der Waals surface area contributed by atoms with Crippen molar-refractivity contribution in [2.24, 2.45) is 0 Å². The Morgan fingerprint density at radius 1 is 0.900 bits per heavy atom. The summed E-state index contributed by atoms with van der Waals surface area (Å²) in [5, 5.41) is 3.24. The van der Waals surface area contributed by atoms with Crippen LogP contribution in [0, 0.1) is 6.92 Å². The molecule has 2 heterocycles. The molecule has 0 unspecified atom stereocenters. The molecule has 0 spiro atoms. The fourth-order valence-electron chi connectivity index (χ4n) is 4.36. The number of likely N-dealkylation sites (tertiary alicyclic amines) is 1. The Bertz CT molecular complexity index is 890. The van der Waals surface area contributed by atoms with Crippen molar-refractivity contribution in [2.45, 2.75) is 38.1 Å². The zero-order valence-electron chi connectivity index (χ0n) is 17.6. The lowest BCUT2D eigenvalue weighted by Gasteiger charge is -2.33. The Kier molecular flexibility index (Phi) is 6.65. The maximum absolute atomic E-state index is 13.4. The highest BCUT2D eigenvalue weighted by molar-refractivity contribution is 5.87. The highest BCUT2D eigenvalue weighted by Crippen LogP contribution is 2.28. The first-order valence-corrected chi connectivity index (χ1v) is 10.9. The molecule has 30 heavy (non-hydrogen) atoms. The molecule has 2 aromatic carbocycles. The van der Waals surface area contributed by atoms with Gasteiger partial charge >= 0.3 is 0 Å². The molecule has 1 N–H and O–H groups in total. The van der Waals surface area contributed by atoms with Crippen molar-refractivity contribution >= 4 is 5.91 Å². The van der Waals surface area contributed by atoms with Crippen molar-refractivity contribution in [3.8, 4) is 0 Å². The molecule has 1 fully saturated rings. The highest BCUT2D eigenvalue weighted by Gasteiger charge is 2.28. The van der Waals surface area contributed by atoms with Gasteiger partial charge in [0.15, 0.2) is 0 Å². The quantitative estimate of drug-likeness (QED) is 0.601. The Hall–Kier alpha value is -2.85. The zero-order chi connectivity index (χ0) is 20.8. The van der Waals surface area contributed by atoms with Gasteiger partial charge in [-0.1, -0.05) is 67.1 Å². The van der Waals surface area contributed by atoms with Crippen LogP contribution in [0.3, 0.4) is 0 Å². The fourth-order valence-corrected chi connectivity index (χ4v) is 4.36. The van der Waals surface area contributed by atoms with Crippen LogP contribution in [0.5, 0.6) is 0 Å². The van der Waals surface area contributed by atoms with Crippen LogP contribution in [0.15, 0.2) is 77.2 Å². The number of rotatable bonds is 7. The molecule has 1 amide bonds. The van der Waals surface area contributed by atoms with Gasteiger partial charge in [-0.15, -0.1) is 0 Å². The number of aryl methyl sites for hydroxylation is 1. The number of hydrogen-bond acceptors (Lipinski definition) is 3. The van der Waals surface area contributed by atoms with Gasteiger partial charge in [0.25, 0.3) is 0 Å². The van der Waals surface area contributed by atoms with Crippen molar-refractivity contribution in [3.05, 3.63) is 95.4 Å². The van der Waals surface area contributed by atoms with Crippen molar-refractivity contribution in [2.75, 3.05) is 19.6 Å². The smallest absolute Gasteiger partial charge is 0.232 e. The lowest BCUT2D eigenvalue weighted by Crippen LogP contribution is -2.41. The number of nitrogens with zero attached hydrogens (tertiary/aromatic N) is 1. The van der Waals surface area contributed by atoms with Gasteiger partial charge in [-0.2, -0.15) is 0 Å². The number of amides is 1. The van der Waals surface area contributed by atoms with E-state index in [1.54, 1.807) is 0 Å². The molecule has 1 aliphatic rings. The minimum Gasteiger partial charge on any atom is -0.465 e. The van der Waals surface area contributed by atoms with E-state index >= 15 is 0 Å². The van der Waals surface area contributed by atoms with E-state index in [-0.39, 0.29) is 17.9 Å². The Morgan fingerprint density at radius 3 is 2.03 bits per heavy atom. The molecule has 0 saturated carbocycles. The average Bonchev–Trinajstić information content (AvgIpc) is 3.22. The van der Waals surface area contributed by atoms with Crippen LogP contribution < -0.4 is 5.32 Å². The minimum atomic E-state index is -0.326. The second-order valence-corrected chi connectivity index (χ2v) is 8.06. The molecule has 1 aromatic heterocycles. The third-order valence-corrected chi connectivity index (χ3v) is 5.92. The number of hydrogen-bond donors (Lipinski definition) is 1. The molecule has 1 atom stereocenters. The van der Waals surface area contributed by atoms with Gasteiger partial charge in [0.2, 0.25) is 5.91 Å². The lowest BCUT2D eigenvalue weighted by molar-refractivity contribution is -0.122. The molecule has 4 rings (SSSR count). The number of nitrogens with one attached hydrogen (secondary N) is 1. The molecular weight excluding hydrogens is 372 g/mol. The van der Waals surface area contributed by atoms with Crippen molar-refractivity contribution in [1.82, 2.24) is 10.2 Å². The Labute approximate surface area is 178 Å². The summed E-state index contributed by atoms with van der Waals surface area (Å²) in [6, 6.07) is 24.1. The van der Waals surface area contributed by atoms with E-state index in [1.807, 2.05) is 79.7 Å². The number of furan rings is 1. The van der Waals surface area contributed by atoms with E-state index in [2.05, 4.69) is 10.2 Å². The summed E-state index contributed by atoms with van der Waals surface area (Å²) >= 11 is 0. The topological polar surface area (TPSA) is 45.5 Å². The highest BCUT2D eigenvalue weighted by atomic mass is 16.3. The lowest BCUT2D eigenvalue weighted by atomic mass is 9.90. The summed E-state index contributed by atoms with van der Waals surface area (Å²) in [5.41, 5.74) is 2.01. The first-order chi connectivity index (χ1) is 14.7. The van der Waals surface area contributed by atoms with Crippen LogP contribution in [-0.4, -0.2) is 30.4 Å². The molecule has 0 radical (unpaired) electrons. The van der Waals surface area contributed by atoms with Crippen molar-refractivity contribution < 1.29 is 9.21 Å². The third kappa shape index (κ3) is 4.82. The summed E-state index contributed by atoms with van der Waals surface area (Å²) in [5.74, 6) is 1.54. The van der Waals surface area contributed by atoms with Crippen LogP contribution in [0.4, 0.5) is 0 Å². The normalized spacial score (nSPS) is 15.8. The zero-order valence-corrected chi connectivity index (χ0v) is 17.6. The van der Waals surface area contributed by atoms with Crippen molar-refractivity contribution in [3.63, 3.8) is 0 Å². The first kappa shape index (κ1) is 20.4. The molecule has 1 aliphatic heterocycles. The van der Waals surface area contributed by atoms with Crippen molar-refractivity contribution in [1.29, 1.82) is 0 Å². The second kappa shape index (κ2) is 9.77. The van der Waals surface area contributed by atoms with Gasteiger partial charge in [-0.3, -0.25) is 9.69 Å². The average molecular weight is 403 g/mol. The van der Waals surface area contributed by atoms with Crippen LogP contribution in [0.2, 0.25) is 0 Å². The van der Waals surface area contributed by atoms with Gasteiger partial charge in [0, 0.05) is 6.54 Å². The maximum atomic E-state index is 13.4. The predicted molar refractivity (Wildman–Crippen MR) is 119 cm³/mol. The first-order valence-electron chi connectivity index (χ1n) is 10.9. The second-order valence-electron chi connectivity index (χ2n) is 8.06. The molecule has 0 aliphatic carbocycles. The molecule has 0 bridgehead atoms. The third-order valence-electron chi connectivity index (χ3n) is 5.92. The maximum Gasteiger partial charge on any atom is 0.232 e. The standard InChI is InChI=1S/C26H30N2O2/c1-20-15-16-24(30-20)23(28-17-9-4-10-18-28)19-27-26(29)25(21-11-5-2-6-12-21)22-13-7-3-8-14-22/h2-3,5-8,11-16,23,25H,4,9-10,17-19H2,1H3,(H,27,29)/t23-/m1/s1. The molecular formula is C26H30N2O2. The SMILES string of the molecule is Cc1ccc([C@@H](CNC(=O)C(c2ccccc2)c2ccccc2)N2CCCCC2)o1. The van der Waals surface area contributed by atoms with Gasteiger partial charge in [-0.25, -0.2) is 0 Å². The van der Waals surface area contributed by atoms with E-state index in [1.165, 1.54) is 19.3 Å². The van der Waals surface area contributed by atoms with Gasteiger partial charge < -0.3 is 9.73 Å². The van der Waals surface area contributed by atoms with Crippen LogP contribution >= 0.6 is 0 Å². The number of piperidine rings is 1. The Morgan fingerprint density at radius 2 is 1.50 bits per heavy atom. The number of carbonyl (C=O) groups excluding carboxylic acids is 1. The van der Waals surface area contributed by atoms with Gasteiger partial charge in [-0.05, 0) is 56.1 Å². The van der Waals surface area contributed by atoms with Crippen LogP contribution in [-0.2, 0) is 4.79 Å². The van der Waals surface area contributed by atoms with Crippen LogP contribution in [0.1, 0.15) is 53.9 Å². The molecule has 156 valence electrons. The minimum absolute atomic E-state index is 0.0256. The molecule has 4 heteroatoms. The molecule has 1 saturated heterocycles. The number of benzene rings is 2. The number of carbonyl (C=O) groups is 1.